The third-order valence-corrected chi connectivity index (χ3v) is 6.51. The van der Waals surface area contributed by atoms with E-state index in [0.29, 0.717) is 42.4 Å². The summed E-state index contributed by atoms with van der Waals surface area (Å²) >= 11 is 0. The van der Waals surface area contributed by atoms with Gasteiger partial charge in [0, 0.05) is 49.3 Å². The summed E-state index contributed by atoms with van der Waals surface area (Å²) in [6.07, 6.45) is -1.43. The van der Waals surface area contributed by atoms with E-state index in [0.717, 1.165) is 23.4 Å². The lowest BCUT2D eigenvalue weighted by molar-refractivity contribution is -0.137. The Bertz CT molecular complexity index is 1260. The number of nitrogens with zero attached hydrogens (tertiary/aromatic N) is 4. The quantitative estimate of drug-likeness (QED) is 0.596. The molecule has 3 heterocycles. The number of benzene rings is 2. The molecule has 35 heavy (non-hydrogen) atoms. The third kappa shape index (κ3) is 4.12. The lowest BCUT2D eigenvalue weighted by atomic mass is 9.80. The van der Waals surface area contributed by atoms with Gasteiger partial charge in [-0.05, 0) is 35.4 Å². The molecule has 2 aliphatic rings. The number of fused-ring (bicyclic) bond motifs is 2. The second kappa shape index (κ2) is 8.62. The molecule has 0 radical (unpaired) electrons. The highest BCUT2D eigenvalue weighted by molar-refractivity contribution is 5.96. The molecule has 1 spiro atoms. The lowest BCUT2D eigenvalue weighted by Crippen LogP contribution is -2.49. The van der Waals surface area contributed by atoms with E-state index in [2.05, 4.69) is 9.97 Å². The number of carbonyl (C=O) groups is 1. The summed E-state index contributed by atoms with van der Waals surface area (Å²) in [7, 11) is 1.63. The van der Waals surface area contributed by atoms with E-state index in [1.54, 1.807) is 25.2 Å². The monoisotopic (exact) mass is 484 g/mol. The molecule has 7 nitrogen and oxygen atoms in total. The molecule has 10 heteroatoms. The molecular weight excluding hydrogens is 461 g/mol. The Morgan fingerprint density at radius 3 is 2.51 bits per heavy atom. The molecule has 1 fully saturated rings. The number of rotatable bonds is 5. The number of aliphatic hydroxyl groups is 1. The normalized spacial score (nSPS) is 16.2. The lowest BCUT2D eigenvalue weighted by Gasteiger charge is -2.38. The minimum Gasteiger partial charge on any atom is -0.395 e. The zero-order valence-corrected chi connectivity index (χ0v) is 18.9. The first-order valence-corrected chi connectivity index (χ1v) is 11.1. The number of halogens is 3. The van der Waals surface area contributed by atoms with E-state index in [9.17, 15) is 18.0 Å². The van der Waals surface area contributed by atoms with Gasteiger partial charge in [-0.25, -0.2) is 9.97 Å². The van der Waals surface area contributed by atoms with Crippen molar-refractivity contribution in [2.75, 3.05) is 44.9 Å². The Labute approximate surface area is 199 Å². The molecule has 2 aliphatic heterocycles. The molecule has 0 atom stereocenters. The van der Waals surface area contributed by atoms with Crippen molar-refractivity contribution >= 4 is 17.5 Å². The van der Waals surface area contributed by atoms with Gasteiger partial charge >= 0.3 is 6.18 Å². The SMILES string of the molecule is CN(CCO)C(=O)c1ccc2c(c1)N(c1ncc(-c3cccc(C(F)(F)F)c3)cn1)CC21COC1. The smallest absolute Gasteiger partial charge is 0.395 e. The van der Waals surface area contributed by atoms with Crippen molar-refractivity contribution in [3.8, 4) is 11.1 Å². The molecule has 1 N–H and O–H groups in total. The van der Waals surface area contributed by atoms with E-state index in [1.807, 2.05) is 11.0 Å². The molecule has 0 unspecified atom stereocenters. The minimum absolute atomic E-state index is 0.133. The van der Waals surface area contributed by atoms with Gasteiger partial charge in [0.15, 0.2) is 0 Å². The van der Waals surface area contributed by atoms with Crippen molar-refractivity contribution in [2.24, 2.45) is 0 Å². The summed E-state index contributed by atoms with van der Waals surface area (Å²) in [5.74, 6) is 0.174. The van der Waals surface area contributed by atoms with E-state index in [-0.39, 0.29) is 24.5 Å². The van der Waals surface area contributed by atoms with Crippen LogP contribution in [-0.2, 0) is 16.3 Å². The Morgan fingerprint density at radius 1 is 1.14 bits per heavy atom. The predicted molar refractivity (Wildman–Crippen MR) is 122 cm³/mol. The average molecular weight is 484 g/mol. The molecule has 3 aromatic rings. The van der Waals surface area contributed by atoms with E-state index in [1.165, 1.54) is 23.4 Å². The number of carbonyl (C=O) groups excluding carboxylic acids is 1. The first-order chi connectivity index (χ1) is 16.7. The van der Waals surface area contributed by atoms with Crippen LogP contribution >= 0.6 is 0 Å². The van der Waals surface area contributed by atoms with Crippen molar-refractivity contribution in [1.29, 1.82) is 0 Å². The standard InChI is InChI=1S/C25H23F3N4O3/c1-31(7-8-33)22(34)17-5-6-20-21(10-17)32(13-24(20)14-35-15-24)23-29-11-18(12-30-23)16-3-2-4-19(9-16)25(26,27)28/h2-6,9-12,33H,7-8,13-15H2,1H3. The van der Waals surface area contributed by atoms with Crippen LogP contribution in [-0.4, -0.2) is 65.8 Å². The number of hydrogen-bond donors (Lipinski definition) is 1. The predicted octanol–water partition coefficient (Wildman–Crippen LogP) is 3.65. The maximum absolute atomic E-state index is 13.1. The Morgan fingerprint density at radius 2 is 1.89 bits per heavy atom. The van der Waals surface area contributed by atoms with Gasteiger partial charge in [-0.15, -0.1) is 0 Å². The zero-order chi connectivity index (χ0) is 24.8. The fourth-order valence-electron chi connectivity index (χ4n) is 4.54. The highest BCUT2D eigenvalue weighted by Gasteiger charge is 2.49. The van der Waals surface area contributed by atoms with Crippen molar-refractivity contribution in [3.63, 3.8) is 0 Å². The number of hydrogen-bond acceptors (Lipinski definition) is 6. The maximum Gasteiger partial charge on any atom is 0.416 e. The summed E-state index contributed by atoms with van der Waals surface area (Å²) in [6.45, 7) is 1.73. The topological polar surface area (TPSA) is 78.8 Å². The van der Waals surface area contributed by atoms with Crippen LogP contribution in [0, 0.1) is 0 Å². The van der Waals surface area contributed by atoms with Crippen LogP contribution in [0.15, 0.2) is 54.9 Å². The van der Waals surface area contributed by atoms with Gasteiger partial charge in [0.2, 0.25) is 5.95 Å². The zero-order valence-electron chi connectivity index (χ0n) is 18.9. The Kier molecular flexibility index (Phi) is 5.72. The summed E-state index contributed by atoms with van der Waals surface area (Å²) < 4.78 is 44.8. The fourth-order valence-corrected chi connectivity index (χ4v) is 4.54. The molecule has 1 saturated heterocycles. The van der Waals surface area contributed by atoms with Gasteiger partial charge in [-0.1, -0.05) is 18.2 Å². The van der Waals surface area contributed by atoms with Crippen LogP contribution < -0.4 is 4.90 Å². The van der Waals surface area contributed by atoms with Gasteiger partial charge in [0.05, 0.1) is 30.8 Å². The van der Waals surface area contributed by atoms with Crippen molar-refractivity contribution in [2.45, 2.75) is 11.6 Å². The largest absolute Gasteiger partial charge is 0.416 e. The Hall–Kier alpha value is -3.50. The summed E-state index contributed by atoms with van der Waals surface area (Å²) in [4.78, 5) is 25.1. The van der Waals surface area contributed by atoms with E-state index >= 15 is 0 Å². The third-order valence-electron chi connectivity index (χ3n) is 6.51. The van der Waals surface area contributed by atoms with Crippen LogP contribution in [0.2, 0.25) is 0 Å². The van der Waals surface area contributed by atoms with Crippen LogP contribution in [0.3, 0.4) is 0 Å². The van der Waals surface area contributed by atoms with Gasteiger partial charge in [0.25, 0.3) is 5.91 Å². The van der Waals surface area contributed by atoms with Crippen molar-refractivity contribution in [1.82, 2.24) is 14.9 Å². The fraction of sp³-hybridized carbons (Fsp3) is 0.320. The van der Waals surface area contributed by atoms with Crippen molar-refractivity contribution < 1.29 is 27.8 Å². The minimum atomic E-state index is -4.43. The van der Waals surface area contributed by atoms with Crippen LogP contribution in [0.5, 0.6) is 0 Å². The molecule has 0 bridgehead atoms. The number of anilines is 2. The number of aromatic nitrogens is 2. The van der Waals surface area contributed by atoms with E-state index < -0.39 is 11.7 Å². The van der Waals surface area contributed by atoms with Gasteiger partial charge in [-0.2, -0.15) is 13.2 Å². The van der Waals surface area contributed by atoms with Gasteiger partial charge in [0.1, 0.15) is 0 Å². The molecule has 0 aliphatic carbocycles. The van der Waals surface area contributed by atoms with Crippen molar-refractivity contribution in [3.05, 3.63) is 71.5 Å². The van der Waals surface area contributed by atoms with Gasteiger partial charge < -0.3 is 19.6 Å². The molecule has 0 saturated carbocycles. The highest BCUT2D eigenvalue weighted by Crippen LogP contribution is 2.48. The number of aliphatic hydroxyl groups excluding tert-OH is 1. The maximum atomic E-state index is 13.1. The second-order valence-corrected chi connectivity index (χ2v) is 8.89. The summed E-state index contributed by atoms with van der Waals surface area (Å²) in [5.41, 5.74) is 2.19. The molecule has 1 aromatic heterocycles. The van der Waals surface area contributed by atoms with Crippen LogP contribution in [0.1, 0.15) is 21.5 Å². The molecule has 182 valence electrons. The van der Waals surface area contributed by atoms with Gasteiger partial charge in [-0.3, -0.25) is 4.79 Å². The Balaban J connectivity index is 1.47. The first kappa shape index (κ1) is 23.3. The molecular formula is C25H23F3N4O3. The molecule has 2 aromatic carbocycles. The first-order valence-electron chi connectivity index (χ1n) is 11.1. The summed E-state index contributed by atoms with van der Waals surface area (Å²) in [5, 5.41) is 9.16. The number of amides is 1. The average Bonchev–Trinajstić information content (AvgIpc) is 3.19. The van der Waals surface area contributed by atoms with E-state index in [4.69, 9.17) is 9.84 Å². The van der Waals surface area contributed by atoms with Crippen LogP contribution in [0.25, 0.3) is 11.1 Å². The number of ether oxygens (including phenoxy) is 1. The molecule has 5 rings (SSSR count). The summed E-state index contributed by atoms with van der Waals surface area (Å²) in [6, 6.07) is 10.5. The van der Waals surface area contributed by atoms with Crippen LogP contribution in [0.4, 0.5) is 24.8 Å². The highest BCUT2D eigenvalue weighted by atomic mass is 19.4. The number of likely N-dealkylation sites (N-methyl/N-ethyl adjacent to an activating group) is 1. The number of alkyl halides is 3. The second-order valence-electron chi connectivity index (χ2n) is 8.89. The molecule has 1 amide bonds.